The summed E-state index contributed by atoms with van der Waals surface area (Å²) in [5.41, 5.74) is 0. The van der Waals surface area contributed by atoms with Crippen molar-refractivity contribution in [1.29, 1.82) is 0 Å². The molecule has 6 nitrogen and oxygen atoms in total. The first-order valence-electron chi connectivity index (χ1n) is 8.21. The minimum absolute atomic E-state index is 0.318. The maximum atomic E-state index is 5.79. The molecule has 1 aliphatic rings. The van der Waals surface area contributed by atoms with Crippen molar-refractivity contribution < 1.29 is 4.74 Å². The summed E-state index contributed by atoms with van der Waals surface area (Å²) in [4.78, 5) is 10.5. The Hall–Kier alpha value is -0.960. The molecule has 2 aromatic heterocycles. The van der Waals surface area contributed by atoms with Crippen LogP contribution in [0.15, 0.2) is 23.1 Å². The van der Waals surface area contributed by atoms with Crippen molar-refractivity contribution in [2.75, 3.05) is 38.1 Å². The molecule has 1 aliphatic heterocycles. The number of aromatic nitrogens is 3. The van der Waals surface area contributed by atoms with Gasteiger partial charge in [-0.05, 0) is 29.8 Å². The molecule has 0 bridgehead atoms. The van der Waals surface area contributed by atoms with E-state index in [2.05, 4.69) is 56.7 Å². The van der Waals surface area contributed by atoms with Gasteiger partial charge in [-0.15, -0.1) is 0 Å². The maximum Gasteiger partial charge on any atom is 0.185 e. The molecular formula is C16H24BrN5OS. The van der Waals surface area contributed by atoms with Crippen LogP contribution in [0.25, 0.3) is 0 Å². The lowest BCUT2D eigenvalue weighted by Crippen LogP contribution is -2.47. The number of hydrogen-bond donors (Lipinski definition) is 0. The number of hydrogen-bond acceptors (Lipinski definition) is 6. The molecule has 0 unspecified atom stereocenters. The molecule has 24 heavy (non-hydrogen) atoms. The average molecular weight is 414 g/mol. The summed E-state index contributed by atoms with van der Waals surface area (Å²) in [6.45, 7) is 9.08. The van der Waals surface area contributed by atoms with Crippen LogP contribution in [0.1, 0.15) is 18.7 Å². The Labute approximate surface area is 155 Å². The van der Waals surface area contributed by atoms with E-state index in [1.54, 1.807) is 17.5 Å². The normalized spacial score (nSPS) is 22.0. The Kier molecular flexibility index (Phi) is 5.91. The van der Waals surface area contributed by atoms with Gasteiger partial charge in [-0.25, -0.2) is 4.98 Å². The maximum absolute atomic E-state index is 5.79. The summed E-state index contributed by atoms with van der Waals surface area (Å²) in [6, 6.07) is 0. The minimum atomic E-state index is 0.318. The third kappa shape index (κ3) is 4.78. The van der Waals surface area contributed by atoms with E-state index < -0.39 is 0 Å². The summed E-state index contributed by atoms with van der Waals surface area (Å²) in [5.74, 6) is 0. The summed E-state index contributed by atoms with van der Waals surface area (Å²) in [5, 5.41) is 5.35. The second-order valence-electron chi connectivity index (χ2n) is 6.40. The average Bonchev–Trinajstić information content (AvgIpc) is 3.13. The smallest absolute Gasteiger partial charge is 0.185 e. The fraction of sp³-hybridized carbons (Fsp3) is 0.625. The zero-order valence-corrected chi connectivity index (χ0v) is 16.8. The lowest BCUT2D eigenvalue weighted by atomic mass is 10.2. The monoisotopic (exact) mass is 413 g/mol. The van der Waals surface area contributed by atoms with E-state index in [-0.39, 0.29) is 0 Å². The highest BCUT2D eigenvalue weighted by atomic mass is 79.9. The van der Waals surface area contributed by atoms with Crippen LogP contribution in [0.4, 0.5) is 5.13 Å². The van der Waals surface area contributed by atoms with Gasteiger partial charge in [-0.3, -0.25) is 9.58 Å². The van der Waals surface area contributed by atoms with E-state index in [1.165, 1.54) is 4.88 Å². The molecule has 2 atom stereocenters. The first kappa shape index (κ1) is 17.8. The highest BCUT2D eigenvalue weighted by molar-refractivity contribution is 9.10. The first-order valence-corrected chi connectivity index (χ1v) is 9.82. The van der Waals surface area contributed by atoms with E-state index >= 15 is 0 Å². The number of morpholine rings is 1. The predicted octanol–water partition coefficient (Wildman–Crippen LogP) is 2.70. The van der Waals surface area contributed by atoms with Gasteiger partial charge in [0.25, 0.3) is 0 Å². The van der Waals surface area contributed by atoms with Crippen molar-refractivity contribution in [2.24, 2.45) is 0 Å². The summed E-state index contributed by atoms with van der Waals surface area (Å²) in [7, 11) is 2.11. The second-order valence-corrected chi connectivity index (χ2v) is 8.41. The molecule has 0 N–H and O–H groups in total. The molecule has 3 rings (SSSR count). The van der Waals surface area contributed by atoms with Gasteiger partial charge in [-0.1, -0.05) is 11.3 Å². The second kappa shape index (κ2) is 7.95. The van der Waals surface area contributed by atoms with Crippen LogP contribution in [-0.4, -0.2) is 65.1 Å². The van der Waals surface area contributed by atoms with Crippen LogP contribution in [0.5, 0.6) is 0 Å². The van der Waals surface area contributed by atoms with Crippen LogP contribution in [0.2, 0.25) is 0 Å². The van der Waals surface area contributed by atoms with E-state index in [0.717, 1.165) is 42.3 Å². The molecular weight excluding hydrogens is 390 g/mol. The minimum Gasteiger partial charge on any atom is -0.373 e. The zero-order chi connectivity index (χ0) is 17.1. The quantitative estimate of drug-likeness (QED) is 0.728. The van der Waals surface area contributed by atoms with Gasteiger partial charge in [-0.2, -0.15) is 5.10 Å². The van der Waals surface area contributed by atoms with Crippen LogP contribution < -0.4 is 4.90 Å². The van der Waals surface area contributed by atoms with Crippen LogP contribution in [0.3, 0.4) is 0 Å². The third-order valence-corrected chi connectivity index (χ3v) is 5.54. The van der Waals surface area contributed by atoms with Crippen molar-refractivity contribution in [3.8, 4) is 0 Å². The summed E-state index contributed by atoms with van der Waals surface area (Å²) >= 11 is 5.15. The number of halogens is 1. The number of anilines is 1. The molecule has 2 aromatic rings. The number of nitrogens with zero attached hydrogens (tertiary/aromatic N) is 5. The van der Waals surface area contributed by atoms with Gasteiger partial charge in [0.2, 0.25) is 0 Å². The Morgan fingerprint density at radius 1 is 1.33 bits per heavy atom. The van der Waals surface area contributed by atoms with Gasteiger partial charge in [0, 0.05) is 50.5 Å². The van der Waals surface area contributed by atoms with E-state index in [4.69, 9.17) is 4.74 Å². The summed E-state index contributed by atoms with van der Waals surface area (Å²) in [6.07, 6.45) is 6.37. The predicted molar refractivity (Wildman–Crippen MR) is 101 cm³/mol. The van der Waals surface area contributed by atoms with Gasteiger partial charge in [0.05, 0.1) is 29.4 Å². The molecule has 0 radical (unpaired) electrons. The summed E-state index contributed by atoms with van der Waals surface area (Å²) < 4.78 is 8.71. The lowest BCUT2D eigenvalue weighted by Gasteiger charge is -2.36. The zero-order valence-electron chi connectivity index (χ0n) is 14.4. The van der Waals surface area contributed by atoms with Crippen LogP contribution >= 0.6 is 27.3 Å². The molecule has 0 amide bonds. The Morgan fingerprint density at radius 3 is 2.75 bits per heavy atom. The van der Waals surface area contributed by atoms with E-state index in [0.29, 0.717) is 12.2 Å². The van der Waals surface area contributed by atoms with Gasteiger partial charge < -0.3 is 9.64 Å². The molecule has 0 spiro atoms. The topological polar surface area (TPSA) is 46.4 Å². The number of ether oxygens (including phenoxy) is 1. The molecule has 1 fully saturated rings. The van der Waals surface area contributed by atoms with Gasteiger partial charge in [0.1, 0.15) is 0 Å². The molecule has 0 saturated carbocycles. The third-order valence-electron chi connectivity index (χ3n) is 4.03. The number of likely N-dealkylation sites (N-methyl/N-ethyl adjacent to an activating group) is 1. The molecule has 3 heterocycles. The van der Waals surface area contributed by atoms with Crippen molar-refractivity contribution in [3.05, 3.63) is 27.9 Å². The standard InChI is InChI=1S/C16H24BrN5OS/c1-12-8-21(9-13(2)23-12)5-4-20(3)16-18-7-15(24-16)11-22-10-14(17)6-19-22/h6-7,10,12-13H,4-5,8-9,11H2,1-3H3/t12-,13+. The van der Waals surface area contributed by atoms with Gasteiger partial charge >= 0.3 is 0 Å². The van der Waals surface area contributed by atoms with Crippen molar-refractivity contribution in [3.63, 3.8) is 0 Å². The van der Waals surface area contributed by atoms with E-state index in [1.807, 2.05) is 17.1 Å². The Balaban J connectivity index is 1.51. The lowest BCUT2D eigenvalue weighted by molar-refractivity contribution is -0.0670. The molecule has 1 saturated heterocycles. The molecule has 0 aromatic carbocycles. The highest BCUT2D eigenvalue weighted by Crippen LogP contribution is 2.22. The fourth-order valence-corrected chi connectivity index (χ4v) is 4.20. The van der Waals surface area contributed by atoms with Crippen LogP contribution in [-0.2, 0) is 11.3 Å². The Morgan fingerprint density at radius 2 is 2.08 bits per heavy atom. The number of thiazole rings is 1. The Bertz CT molecular complexity index is 650. The highest BCUT2D eigenvalue weighted by Gasteiger charge is 2.22. The molecule has 8 heteroatoms. The van der Waals surface area contributed by atoms with Crippen molar-refractivity contribution >= 4 is 32.4 Å². The fourth-order valence-electron chi connectivity index (χ4n) is 2.99. The molecule has 132 valence electrons. The van der Waals surface area contributed by atoms with E-state index in [9.17, 15) is 0 Å². The molecule has 0 aliphatic carbocycles. The first-order chi connectivity index (χ1) is 11.5. The van der Waals surface area contributed by atoms with Gasteiger partial charge in [0.15, 0.2) is 5.13 Å². The van der Waals surface area contributed by atoms with Crippen LogP contribution in [0, 0.1) is 0 Å². The van der Waals surface area contributed by atoms with Crippen molar-refractivity contribution in [1.82, 2.24) is 19.7 Å². The largest absolute Gasteiger partial charge is 0.373 e. The number of rotatable bonds is 6. The SMILES string of the molecule is C[C@@H]1CN(CCN(C)c2ncc(Cn3cc(Br)cn3)s2)C[C@H](C)O1. The van der Waals surface area contributed by atoms with Crippen molar-refractivity contribution in [2.45, 2.75) is 32.6 Å².